The van der Waals surface area contributed by atoms with Crippen LogP contribution in [0.1, 0.15) is 45.1 Å². The number of amides is 1. The number of aliphatic carboxylic acids is 1. The number of rotatable bonds is 6. The summed E-state index contributed by atoms with van der Waals surface area (Å²) in [4.78, 5) is 25.0. The van der Waals surface area contributed by atoms with E-state index >= 15 is 0 Å². The Morgan fingerprint density at radius 1 is 1.30 bits per heavy atom. The second-order valence-electron chi connectivity index (χ2n) is 6.75. The van der Waals surface area contributed by atoms with E-state index in [2.05, 4.69) is 13.8 Å². The molecule has 1 heterocycles. The number of carboxylic acid groups (broad SMARTS) is 1. The Hall–Kier alpha value is -2.04. The van der Waals surface area contributed by atoms with E-state index in [0.29, 0.717) is 25.5 Å². The highest BCUT2D eigenvalue weighted by Crippen LogP contribution is 2.30. The van der Waals surface area contributed by atoms with Crippen molar-refractivity contribution in [3.8, 4) is 5.75 Å². The molecule has 23 heavy (non-hydrogen) atoms. The van der Waals surface area contributed by atoms with Crippen LogP contribution in [0.4, 0.5) is 0 Å². The Morgan fingerprint density at radius 3 is 2.48 bits per heavy atom. The molecular formula is C18H25NO4. The van der Waals surface area contributed by atoms with E-state index in [1.807, 2.05) is 24.3 Å². The molecule has 1 amide bonds. The third kappa shape index (κ3) is 4.24. The van der Waals surface area contributed by atoms with Gasteiger partial charge in [-0.1, -0.05) is 26.0 Å². The summed E-state index contributed by atoms with van der Waals surface area (Å²) in [7, 11) is 0. The largest absolute Gasteiger partial charge is 0.493 e. The first-order valence-electron chi connectivity index (χ1n) is 8.06. The van der Waals surface area contributed by atoms with E-state index in [1.165, 1.54) is 5.56 Å². The number of benzene rings is 1. The van der Waals surface area contributed by atoms with Gasteiger partial charge in [0.05, 0.1) is 18.4 Å². The summed E-state index contributed by atoms with van der Waals surface area (Å²) in [6.45, 7) is 7.05. The molecule has 1 atom stereocenters. The summed E-state index contributed by atoms with van der Waals surface area (Å²) in [5.41, 5.74) is 0.432. The van der Waals surface area contributed by atoms with Crippen LogP contribution < -0.4 is 4.74 Å². The number of nitrogens with zero attached hydrogens (tertiary/aromatic N) is 1. The first kappa shape index (κ1) is 17.3. The maximum atomic E-state index is 12.1. The van der Waals surface area contributed by atoms with E-state index in [1.54, 1.807) is 11.8 Å². The highest BCUT2D eigenvalue weighted by molar-refractivity contribution is 5.80. The monoisotopic (exact) mass is 319 g/mol. The van der Waals surface area contributed by atoms with Crippen molar-refractivity contribution < 1.29 is 19.4 Å². The van der Waals surface area contributed by atoms with Crippen LogP contribution in [-0.2, 0) is 9.59 Å². The van der Waals surface area contributed by atoms with Crippen LogP contribution in [0, 0.1) is 5.41 Å². The number of likely N-dealkylation sites (tertiary alicyclic amines) is 1. The summed E-state index contributed by atoms with van der Waals surface area (Å²) < 4.78 is 5.61. The lowest BCUT2D eigenvalue weighted by molar-refractivity contribution is -0.147. The predicted molar refractivity (Wildman–Crippen MR) is 87.6 cm³/mol. The van der Waals surface area contributed by atoms with Gasteiger partial charge in [0.1, 0.15) is 5.75 Å². The van der Waals surface area contributed by atoms with Crippen molar-refractivity contribution in [1.82, 2.24) is 4.90 Å². The molecule has 0 spiro atoms. The van der Waals surface area contributed by atoms with Gasteiger partial charge in [0.25, 0.3) is 0 Å². The lowest BCUT2D eigenvalue weighted by Gasteiger charge is -2.20. The van der Waals surface area contributed by atoms with Gasteiger partial charge >= 0.3 is 5.97 Å². The van der Waals surface area contributed by atoms with E-state index in [4.69, 9.17) is 4.74 Å². The van der Waals surface area contributed by atoms with Gasteiger partial charge in [-0.3, -0.25) is 9.59 Å². The van der Waals surface area contributed by atoms with E-state index in [-0.39, 0.29) is 18.9 Å². The molecule has 1 aromatic rings. The molecule has 5 heteroatoms. The average Bonchev–Trinajstić information content (AvgIpc) is 2.92. The van der Waals surface area contributed by atoms with Gasteiger partial charge in [0, 0.05) is 13.1 Å². The van der Waals surface area contributed by atoms with Crippen molar-refractivity contribution in [1.29, 1.82) is 0 Å². The van der Waals surface area contributed by atoms with Crippen LogP contribution in [0.2, 0.25) is 0 Å². The maximum absolute atomic E-state index is 12.1. The van der Waals surface area contributed by atoms with Crippen molar-refractivity contribution in [2.45, 2.75) is 39.5 Å². The minimum atomic E-state index is -0.839. The first-order valence-corrected chi connectivity index (χ1v) is 8.06. The van der Waals surface area contributed by atoms with Gasteiger partial charge in [0.2, 0.25) is 5.91 Å². The minimum Gasteiger partial charge on any atom is -0.493 e. The molecule has 1 aliphatic rings. The van der Waals surface area contributed by atoms with Crippen LogP contribution in [-0.4, -0.2) is 41.6 Å². The highest BCUT2D eigenvalue weighted by atomic mass is 16.5. The van der Waals surface area contributed by atoms with Crippen molar-refractivity contribution in [2.75, 3.05) is 19.7 Å². The minimum absolute atomic E-state index is 0.0474. The van der Waals surface area contributed by atoms with E-state index < -0.39 is 11.4 Å². The lowest BCUT2D eigenvalue weighted by atomic mass is 9.90. The molecule has 1 N–H and O–H groups in total. The Morgan fingerprint density at radius 2 is 1.96 bits per heavy atom. The zero-order valence-electron chi connectivity index (χ0n) is 14.0. The summed E-state index contributed by atoms with van der Waals surface area (Å²) in [5, 5.41) is 9.20. The number of hydrogen-bond donors (Lipinski definition) is 1. The first-order chi connectivity index (χ1) is 10.8. The fraction of sp³-hybridized carbons (Fsp3) is 0.556. The molecule has 0 aliphatic carbocycles. The third-order valence-corrected chi connectivity index (χ3v) is 4.47. The Labute approximate surface area is 137 Å². The second-order valence-corrected chi connectivity index (χ2v) is 6.75. The molecule has 0 bridgehead atoms. The molecule has 1 unspecified atom stereocenters. The van der Waals surface area contributed by atoms with Crippen LogP contribution in [0.25, 0.3) is 0 Å². The topological polar surface area (TPSA) is 66.8 Å². The van der Waals surface area contributed by atoms with Crippen molar-refractivity contribution in [3.05, 3.63) is 29.8 Å². The normalized spacial score (nSPS) is 20.8. The maximum Gasteiger partial charge on any atom is 0.311 e. The summed E-state index contributed by atoms with van der Waals surface area (Å²) in [6, 6.07) is 7.88. The van der Waals surface area contributed by atoms with Crippen molar-refractivity contribution >= 4 is 11.9 Å². The molecule has 0 saturated carbocycles. The van der Waals surface area contributed by atoms with Gasteiger partial charge in [-0.15, -0.1) is 0 Å². The lowest BCUT2D eigenvalue weighted by Crippen LogP contribution is -2.35. The number of ether oxygens (including phenoxy) is 1. The summed E-state index contributed by atoms with van der Waals surface area (Å²) in [6.07, 6.45) is 0.771. The van der Waals surface area contributed by atoms with Crippen LogP contribution in [0.3, 0.4) is 0 Å². The molecule has 1 aliphatic heterocycles. The molecule has 2 rings (SSSR count). The SMILES string of the molecule is CC(C)c1ccc(OCCC(=O)N2CCC(C)(C(=O)O)C2)cc1. The van der Waals surface area contributed by atoms with Gasteiger partial charge < -0.3 is 14.7 Å². The van der Waals surface area contributed by atoms with E-state index in [0.717, 1.165) is 5.75 Å². The number of carboxylic acids is 1. The Balaban J connectivity index is 1.78. The fourth-order valence-electron chi connectivity index (χ4n) is 2.71. The quantitative estimate of drug-likeness (QED) is 0.875. The van der Waals surface area contributed by atoms with Gasteiger partial charge in [0.15, 0.2) is 0 Å². The van der Waals surface area contributed by atoms with E-state index in [9.17, 15) is 14.7 Å². The van der Waals surface area contributed by atoms with Crippen molar-refractivity contribution in [3.63, 3.8) is 0 Å². The smallest absolute Gasteiger partial charge is 0.311 e. The van der Waals surface area contributed by atoms with Gasteiger partial charge in [-0.2, -0.15) is 0 Å². The summed E-state index contributed by atoms with van der Waals surface area (Å²) in [5.74, 6) is 0.339. The fourth-order valence-corrected chi connectivity index (χ4v) is 2.71. The molecule has 0 radical (unpaired) electrons. The van der Waals surface area contributed by atoms with Crippen LogP contribution in [0.5, 0.6) is 5.75 Å². The van der Waals surface area contributed by atoms with Gasteiger partial charge in [-0.05, 0) is 37.0 Å². The predicted octanol–water partition coefficient (Wildman–Crippen LogP) is 2.90. The Kier molecular flexibility index (Phi) is 5.29. The molecule has 1 aromatic carbocycles. The number of carbonyl (C=O) groups is 2. The third-order valence-electron chi connectivity index (χ3n) is 4.47. The van der Waals surface area contributed by atoms with Gasteiger partial charge in [-0.25, -0.2) is 0 Å². The molecule has 0 aromatic heterocycles. The molecule has 126 valence electrons. The molecule has 5 nitrogen and oxygen atoms in total. The standard InChI is InChI=1S/C18H25NO4/c1-13(2)14-4-6-15(7-5-14)23-11-8-16(20)19-10-9-18(3,12-19)17(21)22/h4-7,13H,8-12H2,1-3H3,(H,21,22). The number of carbonyl (C=O) groups excluding carboxylic acids is 1. The Bertz CT molecular complexity index is 567. The molecular weight excluding hydrogens is 294 g/mol. The molecule has 1 fully saturated rings. The zero-order chi connectivity index (χ0) is 17.0. The van der Waals surface area contributed by atoms with Crippen LogP contribution >= 0.6 is 0 Å². The summed E-state index contributed by atoms with van der Waals surface area (Å²) >= 11 is 0. The molecule has 1 saturated heterocycles. The van der Waals surface area contributed by atoms with Crippen LogP contribution in [0.15, 0.2) is 24.3 Å². The number of hydrogen-bond acceptors (Lipinski definition) is 3. The highest BCUT2D eigenvalue weighted by Gasteiger charge is 2.41. The van der Waals surface area contributed by atoms with Crippen molar-refractivity contribution in [2.24, 2.45) is 5.41 Å². The zero-order valence-corrected chi connectivity index (χ0v) is 14.0. The average molecular weight is 319 g/mol. The second kappa shape index (κ2) is 7.02.